The first-order valence-corrected chi connectivity index (χ1v) is 6.89. The van der Waals surface area contributed by atoms with Gasteiger partial charge in [-0.3, -0.25) is 0 Å². The molecule has 1 aliphatic carbocycles. The minimum atomic E-state index is 0.178. The van der Waals surface area contributed by atoms with E-state index in [-0.39, 0.29) is 5.41 Å². The Kier molecular flexibility index (Phi) is 5.26. The van der Waals surface area contributed by atoms with Crippen LogP contribution in [0.5, 0.6) is 0 Å². The number of hydrogen-bond acceptors (Lipinski definition) is 2. The fraction of sp³-hybridized carbons (Fsp3) is 1.00. The molecule has 1 rings (SSSR count). The van der Waals surface area contributed by atoms with Gasteiger partial charge in [0.05, 0.1) is 12.2 Å². The molecule has 1 saturated carbocycles. The van der Waals surface area contributed by atoms with Gasteiger partial charge in [0.1, 0.15) is 0 Å². The fourth-order valence-electron chi connectivity index (χ4n) is 2.35. The van der Waals surface area contributed by atoms with Crippen LogP contribution in [0, 0.1) is 5.41 Å². The molecule has 0 heterocycles. The van der Waals surface area contributed by atoms with Crippen LogP contribution < -0.4 is 5.73 Å². The summed E-state index contributed by atoms with van der Waals surface area (Å²) in [5.41, 5.74) is 6.16. The molecule has 0 bridgehead atoms. The number of unbranched alkanes of at least 4 members (excludes halogenated alkanes) is 3. The highest BCUT2D eigenvalue weighted by Crippen LogP contribution is 2.42. The lowest BCUT2D eigenvalue weighted by molar-refractivity contribution is -0.136. The van der Waals surface area contributed by atoms with Crippen LogP contribution in [-0.2, 0) is 4.74 Å². The van der Waals surface area contributed by atoms with Crippen LogP contribution in [0.25, 0.3) is 0 Å². The zero-order valence-electron chi connectivity index (χ0n) is 11.5. The predicted molar refractivity (Wildman–Crippen MR) is 69.5 cm³/mol. The molecule has 0 aromatic carbocycles. The zero-order chi connectivity index (χ0) is 12.2. The molecule has 0 amide bonds. The normalized spacial score (nSPS) is 29.8. The lowest BCUT2D eigenvalue weighted by Gasteiger charge is -2.50. The second-order valence-electron chi connectivity index (χ2n) is 5.95. The smallest absolute Gasteiger partial charge is 0.0659 e. The number of rotatable bonds is 7. The molecule has 3 unspecified atom stereocenters. The lowest BCUT2D eigenvalue weighted by Crippen LogP contribution is -2.59. The van der Waals surface area contributed by atoms with Crippen LogP contribution in [0.4, 0.5) is 0 Å². The van der Waals surface area contributed by atoms with Crippen LogP contribution >= 0.6 is 0 Å². The molecule has 0 spiro atoms. The summed E-state index contributed by atoms with van der Waals surface area (Å²) in [7, 11) is 0. The van der Waals surface area contributed by atoms with Crippen molar-refractivity contribution in [2.75, 3.05) is 0 Å². The summed E-state index contributed by atoms with van der Waals surface area (Å²) in [6, 6.07) is 0.324. The summed E-state index contributed by atoms with van der Waals surface area (Å²) in [5, 5.41) is 0. The van der Waals surface area contributed by atoms with E-state index in [9.17, 15) is 0 Å². The molecule has 2 nitrogen and oxygen atoms in total. The van der Waals surface area contributed by atoms with Crippen LogP contribution in [0.15, 0.2) is 0 Å². The predicted octanol–water partition coefficient (Wildman–Crippen LogP) is 3.49. The Hall–Kier alpha value is -0.0800. The maximum absolute atomic E-state index is 6.07. The summed E-state index contributed by atoms with van der Waals surface area (Å²) in [6.45, 7) is 8.88. The van der Waals surface area contributed by atoms with Gasteiger partial charge in [-0.2, -0.15) is 0 Å². The van der Waals surface area contributed by atoms with Crippen molar-refractivity contribution in [3.8, 4) is 0 Å². The second-order valence-corrected chi connectivity index (χ2v) is 5.95. The third-order valence-electron chi connectivity index (χ3n) is 4.11. The Morgan fingerprint density at radius 2 is 2.00 bits per heavy atom. The van der Waals surface area contributed by atoms with Crippen molar-refractivity contribution in [1.82, 2.24) is 0 Å². The highest BCUT2D eigenvalue weighted by molar-refractivity contribution is 5.01. The largest absolute Gasteiger partial charge is 0.375 e. The Bertz CT molecular complexity index is 203. The van der Waals surface area contributed by atoms with Gasteiger partial charge >= 0.3 is 0 Å². The molecule has 16 heavy (non-hydrogen) atoms. The van der Waals surface area contributed by atoms with Crippen molar-refractivity contribution in [2.45, 2.75) is 84.5 Å². The first-order chi connectivity index (χ1) is 7.48. The van der Waals surface area contributed by atoms with Gasteiger partial charge in [-0.15, -0.1) is 0 Å². The van der Waals surface area contributed by atoms with Crippen molar-refractivity contribution in [1.29, 1.82) is 0 Å². The van der Waals surface area contributed by atoms with E-state index in [4.69, 9.17) is 10.5 Å². The molecule has 1 fully saturated rings. The highest BCUT2D eigenvalue weighted by Gasteiger charge is 2.47. The molecular formula is C14H29NO. The van der Waals surface area contributed by atoms with E-state index in [1.807, 2.05) is 0 Å². The van der Waals surface area contributed by atoms with Gasteiger partial charge in [0, 0.05) is 11.5 Å². The van der Waals surface area contributed by atoms with Gasteiger partial charge in [0.25, 0.3) is 0 Å². The molecular weight excluding hydrogens is 198 g/mol. The zero-order valence-corrected chi connectivity index (χ0v) is 11.5. The minimum absolute atomic E-state index is 0.178. The Balaban J connectivity index is 2.13. The molecule has 1 aliphatic rings. The van der Waals surface area contributed by atoms with Crippen LogP contribution in [0.1, 0.15) is 66.2 Å². The monoisotopic (exact) mass is 227 g/mol. The Morgan fingerprint density at radius 1 is 1.31 bits per heavy atom. The van der Waals surface area contributed by atoms with Crippen LogP contribution in [-0.4, -0.2) is 18.2 Å². The quantitative estimate of drug-likeness (QED) is 0.676. The molecule has 0 saturated heterocycles. The number of ether oxygens (including phenoxy) is 1. The number of nitrogens with two attached hydrogens (primary N) is 1. The van der Waals surface area contributed by atoms with Crippen molar-refractivity contribution in [3.63, 3.8) is 0 Å². The first kappa shape index (κ1) is 14.0. The Morgan fingerprint density at radius 3 is 2.50 bits per heavy atom. The topological polar surface area (TPSA) is 35.2 Å². The molecule has 3 atom stereocenters. The van der Waals surface area contributed by atoms with E-state index in [2.05, 4.69) is 27.7 Å². The third-order valence-corrected chi connectivity index (χ3v) is 4.11. The summed E-state index contributed by atoms with van der Waals surface area (Å²) in [6.07, 6.45) is 8.31. The van der Waals surface area contributed by atoms with E-state index in [0.29, 0.717) is 18.2 Å². The maximum atomic E-state index is 6.07. The van der Waals surface area contributed by atoms with E-state index >= 15 is 0 Å². The van der Waals surface area contributed by atoms with Crippen molar-refractivity contribution >= 4 is 0 Å². The van der Waals surface area contributed by atoms with E-state index < -0.39 is 0 Å². The summed E-state index contributed by atoms with van der Waals surface area (Å²) >= 11 is 0. The molecule has 0 aliphatic heterocycles. The van der Waals surface area contributed by atoms with Gasteiger partial charge in [-0.25, -0.2) is 0 Å². The highest BCUT2D eigenvalue weighted by atomic mass is 16.5. The average molecular weight is 227 g/mol. The number of hydrogen-bond donors (Lipinski definition) is 1. The van der Waals surface area contributed by atoms with Gasteiger partial charge in [-0.1, -0.05) is 46.5 Å². The summed E-state index contributed by atoms with van der Waals surface area (Å²) in [4.78, 5) is 0. The Labute approximate surface area is 101 Å². The van der Waals surface area contributed by atoms with Gasteiger partial charge in [-0.05, 0) is 19.8 Å². The van der Waals surface area contributed by atoms with Gasteiger partial charge < -0.3 is 10.5 Å². The molecule has 0 aromatic heterocycles. The third kappa shape index (κ3) is 3.46. The SMILES string of the molecule is CCCCCCC(C)OC1CC(N)C1(C)C. The molecule has 96 valence electrons. The van der Waals surface area contributed by atoms with E-state index in [1.54, 1.807) is 0 Å². The minimum Gasteiger partial charge on any atom is -0.375 e. The van der Waals surface area contributed by atoms with Gasteiger partial charge in [0.15, 0.2) is 0 Å². The first-order valence-electron chi connectivity index (χ1n) is 6.89. The van der Waals surface area contributed by atoms with Crippen molar-refractivity contribution < 1.29 is 4.74 Å². The summed E-state index contributed by atoms with van der Waals surface area (Å²) in [5.74, 6) is 0. The van der Waals surface area contributed by atoms with E-state index in [1.165, 1.54) is 32.1 Å². The van der Waals surface area contributed by atoms with E-state index in [0.717, 1.165) is 6.42 Å². The van der Waals surface area contributed by atoms with Crippen LogP contribution in [0.3, 0.4) is 0 Å². The molecule has 2 N–H and O–H groups in total. The lowest BCUT2D eigenvalue weighted by atomic mass is 9.65. The van der Waals surface area contributed by atoms with Gasteiger partial charge in [0.2, 0.25) is 0 Å². The summed E-state index contributed by atoms with van der Waals surface area (Å²) < 4.78 is 6.07. The van der Waals surface area contributed by atoms with Crippen molar-refractivity contribution in [2.24, 2.45) is 11.1 Å². The molecule has 0 aromatic rings. The maximum Gasteiger partial charge on any atom is 0.0659 e. The molecule has 0 radical (unpaired) electrons. The second kappa shape index (κ2) is 6.02. The van der Waals surface area contributed by atoms with Crippen molar-refractivity contribution in [3.05, 3.63) is 0 Å². The molecule has 2 heteroatoms. The van der Waals surface area contributed by atoms with Crippen LogP contribution in [0.2, 0.25) is 0 Å². The standard InChI is InChI=1S/C14H29NO/c1-5-6-7-8-9-11(2)16-13-10-12(15)14(13,3)4/h11-13H,5-10,15H2,1-4H3. The average Bonchev–Trinajstić information content (AvgIpc) is 2.24. The fourth-order valence-corrected chi connectivity index (χ4v) is 2.35.